The third-order valence-corrected chi connectivity index (χ3v) is 3.83. The van der Waals surface area contributed by atoms with E-state index in [2.05, 4.69) is 29.5 Å². The van der Waals surface area contributed by atoms with Crippen LogP contribution in [0.15, 0.2) is 17.1 Å². The monoisotopic (exact) mass is 495 g/mol. The van der Waals surface area contributed by atoms with E-state index in [1.807, 2.05) is 12.1 Å². The van der Waals surface area contributed by atoms with Gasteiger partial charge in [0.2, 0.25) is 5.75 Å². The van der Waals surface area contributed by atoms with Gasteiger partial charge >= 0.3 is 0 Å². The van der Waals surface area contributed by atoms with E-state index in [-0.39, 0.29) is 24.0 Å². The zero-order valence-corrected chi connectivity index (χ0v) is 19.6. The molecule has 0 spiro atoms. The van der Waals surface area contributed by atoms with Gasteiger partial charge in [0.05, 0.1) is 27.9 Å². The summed E-state index contributed by atoms with van der Waals surface area (Å²) in [5, 5.41) is 6.50. The fraction of sp³-hybridized carbons (Fsp3) is 0.632. The van der Waals surface area contributed by atoms with Gasteiger partial charge in [-0.2, -0.15) is 0 Å². The Morgan fingerprint density at radius 2 is 1.70 bits per heavy atom. The van der Waals surface area contributed by atoms with Crippen LogP contribution >= 0.6 is 24.0 Å². The third-order valence-electron chi connectivity index (χ3n) is 3.83. The Balaban J connectivity index is 0.00000676. The molecule has 0 fully saturated rings. The number of methoxy groups -OCH3 is 3. The van der Waals surface area contributed by atoms with Gasteiger partial charge in [-0.15, -0.1) is 24.0 Å². The standard InChI is InChI=1S/C19H33N3O4.HI/c1-14(2)9-11-26-12-10-21-19(20-3)22-13-15-7-8-16(23-4)18(25-6)17(15)24-5;/h7-8,14H,9-13H2,1-6H3,(H2,20,21,22);1H. The van der Waals surface area contributed by atoms with Crippen molar-refractivity contribution < 1.29 is 18.9 Å². The maximum atomic E-state index is 5.60. The zero-order valence-electron chi connectivity index (χ0n) is 17.3. The number of ether oxygens (including phenoxy) is 4. The molecule has 156 valence electrons. The molecule has 0 heterocycles. The van der Waals surface area contributed by atoms with Gasteiger partial charge in [-0.25, -0.2) is 0 Å². The lowest BCUT2D eigenvalue weighted by Gasteiger charge is -2.17. The number of nitrogens with zero attached hydrogens (tertiary/aromatic N) is 1. The third kappa shape index (κ3) is 8.87. The second-order valence-electron chi connectivity index (χ2n) is 6.14. The van der Waals surface area contributed by atoms with Gasteiger partial charge in [0, 0.05) is 32.3 Å². The maximum Gasteiger partial charge on any atom is 0.203 e. The van der Waals surface area contributed by atoms with Crippen LogP contribution < -0.4 is 24.8 Å². The molecule has 0 bridgehead atoms. The van der Waals surface area contributed by atoms with Gasteiger partial charge in [0.25, 0.3) is 0 Å². The number of aliphatic imine (C=N–C) groups is 1. The first-order valence-corrected chi connectivity index (χ1v) is 8.87. The average molecular weight is 495 g/mol. The van der Waals surface area contributed by atoms with Crippen molar-refractivity contribution in [1.29, 1.82) is 0 Å². The number of hydrogen-bond acceptors (Lipinski definition) is 5. The summed E-state index contributed by atoms with van der Waals surface area (Å²) >= 11 is 0. The Kier molecular flexibility index (Phi) is 13.8. The van der Waals surface area contributed by atoms with Crippen LogP contribution in [0.3, 0.4) is 0 Å². The number of nitrogens with one attached hydrogen (secondary N) is 2. The van der Waals surface area contributed by atoms with Gasteiger partial charge in [0.15, 0.2) is 17.5 Å². The second-order valence-corrected chi connectivity index (χ2v) is 6.14. The molecule has 1 aromatic rings. The predicted molar refractivity (Wildman–Crippen MR) is 120 cm³/mol. The number of hydrogen-bond donors (Lipinski definition) is 2. The highest BCUT2D eigenvalue weighted by molar-refractivity contribution is 14.0. The van der Waals surface area contributed by atoms with Gasteiger partial charge in [-0.05, 0) is 24.5 Å². The van der Waals surface area contributed by atoms with Crippen LogP contribution in [0.5, 0.6) is 17.2 Å². The van der Waals surface area contributed by atoms with Crippen LogP contribution in [-0.4, -0.2) is 54.1 Å². The molecule has 0 aliphatic heterocycles. The van der Waals surface area contributed by atoms with Gasteiger partial charge in [-0.1, -0.05) is 13.8 Å². The van der Waals surface area contributed by atoms with Crippen LogP contribution in [0.1, 0.15) is 25.8 Å². The highest BCUT2D eigenvalue weighted by atomic mass is 127. The Morgan fingerprint density at radius 1 is 1.00 bits per heavy atom. The summed E-state index contributed by atoms with van der Waals surface area (Å²) in [6.45, 7) is 7.05. The maximum absolute atomic E-state index is 5.60. The minimum atomic E-state index is 0. The number of rotatable bonds is 11. The minimum Gasteiger partial charge on any atom is -0.493 e. The molecule has 1 aromatic carbocycles. The van der Waals surface area contributed by atoms with Crippen LogP contribution in [-0.2, 0) is 11.3 Å². The summed E-state index contributed by atoms with van der Waals surface area (Å²) in [6, 6.07) is 3.80. The van der Waals surface area contributed by atoms with Crippen LogP contribution in [0.25, 0.3) is 0 Å². The lowest BCUT2D eigenvalue weighted by atomic mass is 10.1. The normalized spacial score (nSPS) is 11.0. The van der Waals surface area contributed by atoms with Crippen molar-refractivity contribution in [3.8, 4) is 17.2 Å². The van der Waals surface area contributed by atoms with E-state index in [1.54, 1.807) is 28.4 Å². The smallest absolute Gasteiger partial charge is 0.203 e. The minimum absolute atomic E-state index is 0. The van der Waals surface area contributed by atoms with E-state index >= 15 is 0 Å². The summed E-state index contributed by atoms with van der Waals surface area (Å²) in [6.07, 6.45) is 1.08. The summed E-state index contributed by atoms with van der Waals surface area (Å²) in [4.78, 5) is 4.22. The summed E-state index contributed by atoms with van der Waals surface area (Å²) < 4.78 is 21.8. The second kappa shape index (κ2) is 14.6. The molecular formula is C19H34IN3O4. The quantitative estimate of drug-likeness (QED) is 0.213. The average Bonchev–Trinajstić information content (AvgIpc) is 2.65. The van der Waals surface area contributed by atoms with Gasteiger partial charge in [-0.3, -0.25) is 4.99 Å². The van der Waals surface area contributed by atoms with E-state index in [0.29, 0.717) is 48.8 Å². The molecule has 0 amide bonds. The Labute approximate surface area is 180 Å². The molecule has 0 aliphatic rings. The molecule has 0 unspecified atom stereocenters. The largest absolute Gasteiger partial charge is 0.493 e. The van der Waals surface area contributed by atoms with Crippen molar-refractivity contribution in [3.63, 3.8) is 0 Å². The Morgan fingerprint density at radius 3 is 2.26 bits per heavy atom. The highest BCUT2D eigenvalue weighted by Crippen LogP contribution is 2.39. The molecule has 27 heavy (non-hydrogen) atoms. The van der Waals surface area contributed by atoms with Gasteiger partial charge in [0.1, 0.15) is 0 Å². The molecule has 1 rings (SSSR count). The molecule has 8 heteroatoms. The predicted octanol–water partition coefficient (Wildman–Crippen LogP) is 3.06. The molecule has 0 saturated heterocycles. The molecule has 2 N–H and O–H groups in total. The van der Waals surface area contributed by atoms with Crippen molar-refractivity contribution >= 4 is 29.9 Å². The number of halogens is 1. The summed E-state index contributed by atoms with van der Waals surface area (Å²) in [5.41, 5.74) is 0.946. The van der Waals surface area contributed by atoms with Crippen LogP contribution in [0.4, 0.5) is 0 Å². The van der Waals surface area contributed by atoms with Crippen molar-refractivity contribution in [1.82, 2.24) is 10.6 Å². The summed E-state index contributed by atoms with van der Waals surface area (Å²) in [5.74, 6) is 3.22. The van der Waals surface area contributed by atoms with Crippen LogP contribution in [0.2, 0.25) is 0 Å². The van der Waals surface area contributed by atoms with E-state index < -0.39 is 0 Å². The van der Waals surface area contributed by atoms with Crippen LogP contribution in [0, 0.1) is 5.92 Å². The molecule has 0 aliphatic carbocycles. The van der Waals surface area contributed by atoms with E-state index in [4.69, 9.17) is 18.9 Å². The first kappa shape index (κ1) is 25.6. The van der Waals surface area contributed by atoms with Crippen molar-refractivity contribution in [3.05, 3.63) is 17.7 Å². The van der Waals surface area contributed by atoms with Crippen molar-refractivity contribution in [2.24, 2.45) is 10.9 Å². The zero-order chi connectivity index (χ0) is 19.4. The summed E-state index contributed by atoms with van der Waals surface area (Å²) in [7, 11) is 6.55. The topological polar surface area (TPSA) is 73.3 Å². The molecule has 0 radical (unpaired) electrons. The molecule has 0 saturated carbocycles. The number of benzene rings is 1. The Bertz CT molecular complexity index is 568. The first-order valence-electron chi connectivity index (χ1n) is 8.87. The van der Waals surface area contributed by atoms with Crippen molar-refractivity contribution in [2.75, 3.05) is 48.1 Å². The SMILES string of the molecule is CN=C(NCCOCCC(C)C)NCc1ccc(OC)c(OC)c1OC.I. The molecule has 0 atom stereocenters. The van der Waals surface area contributed by atoms with E-state index in [0.717, 1.165) is 18.6 Å². The molecule has 0 aromatic heterocycles. The van der Waals surface area contributed by atoms with E-state index in [9.17, 15) is 0 Å². The first-order chi connectivity index (χ1) is 12.6. The highest BCUT2D eigenvalue weighted by Gasteiger charge is 2.15. The van der Waals surface area contributed by atoms with Crippen molar-refractivity contribution in [2.45, 2.75) is 26.8 Å². The lowest BCUT2D eigenvalue weighted by molar-refractivity contribution is 0.128. The molecule has 7 nitrogen and oxygen atoms in total. The molecular weight excluding hydrogens is 461 g/mol. The Hall–Kier alpha value is -1.42. The fourth-order valence-electron chi connectivity index (χ4n) is 2.36. The van der Waals surface area contributed by atoms with E-state index in [1.165, 1.54) is 0 Å². The fourth-order valence-corrected chi connectivity index (χ4v) is 2.36. The lowest BCUT2D eigenvalue weighted by Crippen LogP contribution is -2.38. The van der Waals surface area contributed by atoms with Gasteiger partial charge < -0.3 is 29.6 Å². The number of guanidine groups is 1.